The smallest absolute Gasteiger partial charge is 0.308 e. The Morgan fingerprint density at radius 2 is 1.83 bits per heavy atom. The largest absolute Gasteiger partial charge is 0.481 e. The fourth-order valence-electron chi connectivity index (χ4n) is 2.97. The standard InChI is InChI=1S/C16H20N2O5/c1-10-8-17(9-13(10)14(19)20)15(21)16(2,3)11-4-6-12(7-5-11)18(22)23/h4-7,10,13H,8-9H2,1-3H3,(H,19,20)/t10-,13-/m1/s1. The maximum atomic E-state index is 12.8. The normalized spacial score (nSPS) is 21.3. The van der Waals surface area contributed by atoms with Crippen LogP contribution in [-0.4, -0.2) is 39.9 Å². The van der Waals surface area contributed by atoms with Gasteiger partial charge in [0.2, 0.25) is 5.91 Å². The molecular weight excluding hydrogens is 300 g/mol. The molecule has 1 fully saturated rings. The minimum absolute atomic E-state index is 0.0299. The van der Waals surface area contributed by atoms with Gasteiger partial charge in [0.05, 0.1) is 16.3 Å². The second kappa shape index (κ2) is 5.98. The zero-order valence-electron chi connectivity index (χ0n) is 13.4. The molecule has 1 aromatic carbocycles. The Hall–Kier alpha value is -2.44. The Balaban J connectivity index is 2.20. The van der Waals surface area contributed by atoms with Crippen LogP contribution in [0.1, 0.15) is 26.3 Å². The zero-order valence-corrected chi connectivity index (χ0v) is 13.4. The molecule has 0 radical (unpaired) electrons. The molecule has 1 N–H and O–H groups in total. The number of amides is 1. The van der Waals surface area contributed by atoms with Gasteiger partial charge in [-0.15, -0.1) is 0 Å². The van der Waals surface area contributed by atoms with Gasteiger partial charge in [-0.1, -0.05) is 19.1 Å². The first-order valence-electron chi connectivity index (χ1n) is 7.41. The number of likely N-dealkylation sites (tertiary alicyclic amines) is 1. The maximum absolute atomic E-state index is 12.8. The van der Waals surface area contributed by atoms with Crippen LogP contribution in [0.5, 0.6) is 0 Å². The van der Waals surface area contributed by atoms with Gasteiger partial charge in [-0.2, -0.15) is 0 Å². The van der Waals surface area contributed by atoms with E-state index in [1.807, 2.05) is 6.92 Å². The molecule has 0 bridgehead atoms. The number of carbonyl (C=O) groups is 2. The van der Waals surface area contributed by atoms with E-state index in [1.165, 1.54) is 12.1 Å². The van der Waals surface area contributed by atoms with Gasteiger partial charge in [0, 0.05) is 25.2 Å². The van der Waals surface area contributed by atoms with E-state index >= 15 is 0 Å². The van der Waals surface area contributed by atoms with Crippen LogP contribution in [0.4, 0.5) is 5.69 Å². The average molecular weight is 320 g/mol. The molecule has 124 valence electrons. The topological polar surface area (TPSA) is 101 Å². The number of benzene rings is 1. The van der Waals surface area contributed by atoms with Crippen molar-refractivity contribution in [1.29, 1.82) is 0 Å². The van der Waals surface area contributed by atoms with Crippen molar-refractivity contribution in [3.63, 3.8) is 0 Å². The van der Waals surface area contributed by atoms with Gasteiger partial charge in [0.1, 0.15) is 0 Å². The van der Waals surface area contributed by atoms with Crippen LogP contribution < -0.4 is 0 Å². The summed E-state index contributed by atoms with van der Waals surface area (Å²) in [5.41, 5.74) is -0.236. The van der Waals surface area contributed by atoms with Gasteiger partial charge in [-0.3, -0.25) is 19.7 Å². The van der Waals surface area contributed by atoms with Gasteiger partial charge >= 0.3 is 5.97 Å². The van der Waals surface area contributed by atoms with E-state index in [0.717, 1.165) is 0 Å². The molecule has 2 atom stereocenters. The van der Waals surface area contributed by atoms with Gasteiger partial charge in [-0.25, -0.2) is 0 Å². The van der Waals surface area contributed by atoms with Crippen LogP contribution in [0.25, 0.3) is 0 Å². The minimum Gasteiger partial charge on any atom is -0.481 e. The van der Waals surface area contributed by atoms with Crippen molar-refractivity contribution in [2.75, 3.05) is 13.1 Å². The summed E-state index contributed by atoms with van der Waals surface area (Å²) in [6.07, 6.45) is 0. The predicted octanol–water partition coefficient (Wildman–Crippen LogP) is 2.05. The molecule has 2 rings (SSSR count). The Bertz CT molecular complexity index is 638. The number of nitrogens with zero attached hydrogens (tertiary/aromatic N) is 2. The second-order valence-corrected chi connectivity index (χ2v) is 6.56. The highest BCUT2D eigenvalue weighted by Gasteiger charge is 2.42. The number of hydrogen-bond acceptors (Lipinski definition) is 4. The molecule has 1 heterocycles. The van der Waals surface area contributed by atoms with Gasteiger partial charge in [0.15, 0.2) is 0 Å². The molecule has 0 saturated carbocycles. The summed E-state index contributed by atoms with van der Waals surface area (Å²) in [5.74, 6) is -1.70. The lowest BCUT2D eigenvalue weighted by molar-refractivity contribution is -0.384. The Labute approximate surface area is 134 Å². The summed E-state index contributed by atoms with van der Waals surface area (Å²) in [5, 5.41) is 19.9. The Morgan fingerprint density at radius 1 is 1.26 bits per heavy atom. The Morgan fingerprint density at radius 3 is 2.26 bits per heavy atom. The lowest BCUT2D eigenvalue weighted by Gasteiger charge is -2.29. The van der Waals surface area contributed by atoms with E-state index in [1.54, 1.807) is 30.9 Å². The molecule has 1 saturated heterocycles. The van der Waals surface area contributed by atoms with E-state index in [2.05, 4.69) is 0 Å². The second-order valence-electron chi connectivity index (χ2n) is 6.56. The maximum Gasteiger partial charge on any atom is 0.308 e. The molecule has 7 heteroatoms. The van der Waals surface area contributed by atoms with Gasteiger partial charge in [-0.05, 0) is 25.3 Å². The van der Waals surface area contributed by atoms with E-state index in [4.69, 9.17) is 0 Å². The molecule has 0 aromatic heterocycles. The number of aliphatic carboxylic acids is 1. The van der Waals surface area contributed by atoms with Crippen molar-refractivity contribution in [3.05, 3.63) is 39.9 Å². The summed E-state index contributed by atoms with van der Waals surface area (Å²) in [7, 11) is 0. The molecule has 1 aliphatic heterocycles. The highest BCUT2D eigenvalue weighted by atomic mass is 16.6. The third-order valence-electron chi connectivity index (χ3n) is 4.55. The number of carboxylic acid groups (broad SMARTS) is 1. The molecule has 1 aliphatic rings. The molecule has 1 amide bonds. The van der Waals surface area contributed by atoms with Crippen molar-refractivity contribution < 1.29 is 19.6 Å². The number of hydrogen-bond donors (Lipinski definition) is 1. The average Bonchev–Trinajstić information content (AvgIpc) is 2.88. The molecule has 23 heavy (non-hydrogen) atoms. The summed E-state index contributed by atoms with van der Waals surface area (Å²) < 4.78 is 0. The van der Waals surface area contributed by atoms with Gasteiger partial charge in [0.25, 0.3) is 5.69 Å². The molecule has 0 spiro atoms. The number of carbonyl (C=O) groups excluding carboxylic acids is 1. The van der Waals surface area contributed by atoms with Crippen LogP contribution in [-0.2, 0) is 15.0 Å². The van der Waals surface area contributed by atoms with E-state index in [-0.39, 0.29) is 24.1 Å². The minimum atomic E-state index is -0.888. The lowest BCUT2D eigenvalue weighted by Crippen LogP contribution is -2.42. The van der Waals surface area contributed by atoms with Crippen molar-refractivity contribution in [2.24, 2.45) is 11.8 Å². The number of nitro groups is 1. The monoisotopic (exact) mass is 320 g/mol. The van der Waals surface area contributed by atoms with Crippen LogP contribution in [0.3, 0.4) is 0 Å². The van der Waals surface area contributed by atoms with Crippen molar-refractivity contribution in [1.82, 2.24) is 4.90 Å². The summed E-state index contributed by atoms with van der Waals surface area (Å²) in [4.78, 5) is 35.8. The van der Waals surface area contributed by atoms with Crippen LogP contribution in [0.15, 0.2) is 24.3 Å². The van der Waals surface area contributed by atoms with E-state index in [9.17, 15) is 24.8 Å². The third-order valence-corrected chi connectivity index (χ3v) is 4.55. The highest BCUT2D eigenvalue weighted by molar-refractivity contribution is 5.88. The SMILES string of the molecule is C[C@@H]1CN(C(=O)C(C)(C)c2ccc([N+](=O)[O-])cc2)C[C@H]1C(=O)O. The summed E-state index contributed by atoms with van der Waals surface area (Å²) in [6.45, 7) is 5.92. The number of non-ortho nitro benzene ring substituents is 1. The molecular formula is C16H20N2O5. The molecule has 0 unspecified atom stereocenters. The summed E-state index contributed by atoms with van der Waals surface area (Å²) >= 11 is 0. The van der Waals surface area contributed by atoms with Crippen molar-refractivity contribution in [2.45, 2.75) is 26.2 Å². The van der Waals surface area contributed by atoms with E-state index < -0.39 is 22.2 Å². The van der Waals surface area contributed by atoms with Crippen LogP contribution >= 0.6 is 0 Å². The highest BCUT2D eigenvalue weighted by Crippen LogP contribution is 2.31. The van der Waals surface area contributed by atoms with E-state index in [0.29, 0.717) is 12.1 Å². The Kier molecular flexibility index (Phi) is 4.40. The predicted molar refractivity (Wildman–Crippen MR) is 83.0 cm³/mol. The van der Waals surface area contributed by atoms with Crippen molar-refractivity contribution in [3.8, 4) is 0 Å². The number of nitro benzene ring substituents is 1. The molecule has 7 nitrogen and oxygen atoms in total. The van der Waals surface area contributed by atoms with Crippen LogP contribution in [0, 0.1) is 22.0 Å². The summed E-state index contributed by atoms with van der Waals surface area (Å²) in [6, 6.07) is 5.89. The van der Waals surface area contributed by atoms with Crippen LogP contribution in [0.2, 0.25) is 0 Å². The third kappa shape index (κ3) is 3.18. The molecule has 1 aromatic rings. The van der Waals surface area contributed by atoms with Crippen molar-refractivity contribution >= 4 is 17.6 Å². The number of carboxylic acids is 1. The fraction of sp³-hybridized carbons (Fsp3) is 0.500. The first-order valence-corrected chi connectivity index (χ1v) is 7.41. The fourth-order valence-corrected chi connectivity index (χ4v) is 2.97. The zero-order chi connectivity index (χ0) is 17.4. The quantitative estimate of drug-likeness (QED) is 0.676. The van der Waals surface area contributed by atoms with Gasteiger partial charge < -0.3 is 10.0 Å². The first-order chi connectivity index (χ1) is 10.6. The first kappa shape index (κ1) is 16.9. The molecule has 0 aliphatic carbocycles. The lowest BCUT2D eigenvalue weighted by atomic mass is 9.83. The number of rotatable bonds is 4.